The molecule has 2 rings (SSSR count). The first-order chi connectivity index (χ1) is 8.70. The summed E-state index contributed by atoms with van der Waals surface area (Å²) in [6.07, 6.45) is 3.22. The summed E-state index contributed by atoms with van der Waals surface area (Å²) in [6, 6.07) is 7.86. The van der Waals surface area contributed by atoms with E-state index in [1.807, 2.05) is 24.3 Å². The number of aliphatic hydroxyl groups excluding tert-OH is 1. The first-order valence-corrected chi connectivity index (χ1v) is 6.67. The molecule has 1 N–H and O–H groups in total. The van der Waals surface area contributed by atoms with E-state index >= 15 is 0 Å². The first kappa shape index (κ1) is 13.1. The van der Waals surface area contributed by atoms with Crippen LogP contribution in [-0.4, -0.2) is 30.6 Å². The van der Waals surface area contributed by atoms with E-state index in [1.165, 1.54) is 5.69 Å². The van der Waals surface area contributed by atoms with Gasteiger partial charge in [-0.2, -0.15) is 0 Å². The van der Waals surface area contributed by atoms with Crippen molar-refractivity contribution in [3.05, 3.63) is 29.8 Å². The molecule has 0 aromatic heterocycles. The standard InChI is InChI=1S/C15H21NO2/c1-12(18)14-2-4-15(5-3-14)16-9-6-13(7-10-16)8-11-17/h2-5,13,17H,6-11H2,1H3. The lowest BCUT2D eigenvalue weighted by Gasteiger charge is -2.33. The Labute approximate surface area is 108 Å². The van der Waals surface area contributed by atoms with Crippen molar-refractivity contribution in [2.45, 2.75) is 26.2 Å². The van der Waals surface area contributed by atoms with Crippen molar-refractivity contribution >= 4 is 11.5 Å². The number of Topliss-reactive ketones (excluding diaryl/α,β-unsaturated/α-hetero) is 1. The zero-order valence-corrected chi connectivity index (χ0v) is 10.9. The lowest BCUT2D eigenvalue weighted by Crippen LogP contribution is -2.33. The lowest BCUT2D eigenvalue weighted by atomic mass is 9.93. The van der Waals surface area contributed by atoms with Gasteiger partial charge in [-0.15, -0.1) is 0 Å². The zero-order valence-electron chi connectivity index (χ0n) is 10.9. The van der Waals surface area contributed by atoms with Crippen LogP contribution < -0.4 is 4.90 Å². The normalized spacial score (nSPS) is 16.9. The number of piperidine rings is 1. The Balaban J connectivity index is 1.95. The average Bonchev–Trinajstić information content (AvgIpc) is 2.40. The third kappa shape index (κ3) is 3.10. The summed E-state index contributed by atoms with van der Waals surface area (Å²) in [5.41, 5.74) is 1.97. The maximum absolute atomic E-state index is 11.2. The van der Waals surface area contributed by atoms with Crippen molar-refractivity contribution in [1.29, 1.82) is 0 Å². The molecule has 98 valence electrons. The van der Waals surface area contributed by atoms with Crippen LogP contribution in [0.3, 0.4) is 0 Å². The highest BCUT2D eigenvalue weighted by atomic mass is 16.3. The van der Waals surface area contributed by atoms with Gasteiger partial charge in [0, 0.05) is 30.9 Å². The first-order valence-electron chi connectivity index (χ1n) is 6.67. The third-order valence-electron chi connectivity index (χ3n) is 3.79. The van der Waals surface area contributed by atoms with E-state index in [9.17, 15) is 4.79 Å². The molecule has 1 heterocycles. The second-order valence-corrected chi connectivity index (χ2v) is 5.05. The van der Waals surface area contributed by atoms with E-state index in [-0.39, 0.29) is 5.78 Å². The third-order valence-corrected chi connectivity index (χ3v) is 3.79. The van der Waals surface area contributed by atoms with E-state index in [2.05, 4.69) is 4.90 Å². The molecule has 1 fully saturated rings. The molecule has 0 saturated carbocycles. The van der Waals surface area contributed by atoms with Crippen LogP contribution in [0.4, 0.5) is 5.69 Å². The van der Waals surface area contributed by atoms with Crippen LogP contribution in [0.25, 0.3) is 0 Å². The quantitative estimate of drug-likeness (QED) is 0.831. The molecule has 3 nitrogen and oxygen atoms in total. The van der Waals surface area contributed by atoms with Crippen LogP contribution in [0.15, 0.2) is 24.3 Å². The van der Waals surface area contributed by atoms with Gasteiger partial charge in [-0.3, -0.25) is 4.79 Å². The number of anilines is 1. The summed E-state index contributed by atoms with van der Waals surface area (Å²) in [5, 5.41) is 8.94. The fourth-order valence-corrected chi connectivity index (χ4v) is 2.57. The van der Waals surface area contributed by atoms with Crippen molar-refractivity contribution in [1.82, 2.24) is 0 Å². The predicted molar refractivity (Wildman–Crippen MR) is 73.1 cm³/mol. The summed E-state index contributed by atoms with van der Waals surface area (Å²) in [7, 11) is 0. The van der Waals surface area contributed by atoms with E-state index in [0.717, 1.165) is 37.9 Å². The predicted octanol–water partition coefficient (Wildman–Crippen LogP) is 2.49. The fraction of sp³-hybridized carbons (Fsp3) is 0.533. The molecule has 1 saturated heterocycles. The molecule has 0 radical (unpaired) electrons. The molecule has 0 bridgehead atoms. The summed E-state index contributed by atoms with van der Waals surface area (Å²) in [4.78, 5) is 13.6. The van der Waals surface area contributed by atoms with Gasteiger partial charge in [0.25, 0.3) is 0 Å². The molecule has 1 aliphatic heterocycles. The van der Waals surface area contributed by atoms with Crippen LogP contribution in [0, 0.1) is 5.92 Å². The number of rotatable bonds is 4. The van der Waals surface area contributed by atoms with Gasteiger partial charge in [0.05, 0.1) is 0 Å². The van der Waals surface area contributed by atoms with Crippen molar-refractivity contribution in [2.24, 2.45) is 5.92 Å². The Hall–Kier alpha value is -1.35. The molecule has 18 heavy (non-hydrogen) atoms. The minimum atomic E-state index is 0.114. The molecule has 0 spiro atoms. The van der Waals surface area contributed by atoms with Gasteiger partial charge in [-0.1, -0.05) is 0 Å². The Morgan fingerprint density at radius 2 is 1.89 bits per heavy atom. The fourth-order valence-electron chi connectivity index (χ4n) is 2.57. The second-order valence-electron chi connectivity index (χ2n) is 5.05. The topological polar surface area (TPSA) is 40.5 Å². The van der Waals surface area contributed by atoms with Crippen molar-refractivity contribution in [2.75, 3.05) is 24.6 Å². The number of hydrogen-bond acceptors (Lipinski definition) is 3. The largest absolute Gasteiger partial charge is 0.396 e. The molecule has 1 aliphatic rings. The molecular formula is C15H21NO2. The van der Waals surface area contributed by atoms with Gasteiger partial charge >= 0.3 is 0 Å². The van der Waals surface area contributed by atoms with Crippen LogP contribution in [0.1, 0.15) is 36.5 Å². The van der Waals surface area contributed by atoms with Gasteiger partial charge in [0.1, 0.15) is 0 Å². The van der Waals surface area contributed by atoms with Crippen molar-refractivity contribution in [3.63, 3.8) is 0 Å². The number of benzene rings is 1. The number of carbonyl (C=O) groups is 1. The summed E-state index contributed by atoms with van der Waals surface area (Å²) in [5.74, 6) is 0.783. The molecule has 0 unspecified atom stereocenters. The molecule has 1 aromatic rings. The Kier molecular flexibility index (Phi) is 4.37. The maximum Gasteiger partial charge on any atom is 0.159 e. The van der Waals surface area contributed by atoms with Gasteiger partial charge in [0.15, 0.2) is 5.78 Å². The Morgan fingerprint density at radius 3 is 2.39 bits per heavy atom. The van der Waals surface area contributed by atoms with E-state index in [4.69, 9.17) is 5.11 Å². The van der Waals surface area contributed by atoms with E-state index in [0.29, 0.717) is 12.5 Å². The van der Waals surface area contributed by atoms with Crippen LogP contribution in [-0.2, 0) is 0 Å². The number of carbonyl (C=O) groups excluding carboxylic acids is 1. The highest BCUT2D eigenvalue weighted by Gasteiger charge is 2.18. The van der Waals surface area contributed by atoms with E-state index in [1.54, 1.807) is 6.92 Å². The highest BCUT2D eigenvalue weighted by molar-refractivity contribution is 5.94. The maximum atomic E-state index is 11.2. The van der Waals surface area contributed by atoms with Gasteiger partial charge in [0.2, 0.25) is 0 Å². The number of ketones is 1. The molecule has 3 heteroatoms. The summed E-state index contributed by atoms with van der Waals surface area (Å²) < 4.78 is 0. The monoisotopic (exact) mass is 247 g/mol. The van der Waals surface area contributed by atoms with Gasteiger partial charge < -0.3 is 10.0 Å². The van der Waals surface area contributed by atoms with Crippen LogP contribution in [0.2, 0.25) is 0 Å². The molecule has 1 aromatic carbocycles. The molecule has 0 aliphatic carbocycles. The average molecular weight is 247 g/mol. The van der Waals surface area contributed by atoms with Crippen LogP contribution in [0.5, 0.6) is 0 Å². The van der Waals surface area contributed by atoms with Crippen molar-refractivity contribution in [3.8, 4) is 0 Å². The number of nitrogens with zero attached hydrogens (tertiary/aromatic N) is 1. The number of aliphatic hydroxyl groups is 1. The SMILES string of the molecule is CC(=O)c1ccc(N2CCC(CCO)CC2)cc1. The summed E-state index contributed by atoms with van der Waals surface area (Å²) >= 11 is 0. The second kappa shape index (κ2) is 6.01. The minimum Gasteiger partial charge on any atom is -0.396 e. The Morgan fingerprint density at radius 1 is 1.28 bits per heavy atom. The Bertz CT molecular complexity index is 391. The summed E-state index contributed by atoms with van der Waals surface area (Å²) in [6.45, 7) is 3.99. The van der Waals surface area contributed by atoms with Gasteiger partial charge in [-0.05, 0) is 56.4 Å². The molecule has 0 atom stereocenters. The molecular weight excluding hydrogens is 226 g/mol. The van der Waals surface area contributed by atoms with Crippen LogP contribution >= 0.6 is 0 Å². The number of hydrogen-bond donors (Lipinski definition) is 1. The zero-order chi connectivity index (χ0) is 13.0. The molecule has 0 amide bonds. The smallest absolute Gasteiger partial charge is 0.159 e. The highest BCUT2D eigenvalue weighted by Crippen LogP contribution is 2.25. The van der Waals surface area contributed by atoms with E-state index < -0.39 is 0 Å². The lowest BCUT2D eigenvalue weighted by molar-refractivity contribution is 0.101. The van der Waals surface area contributed by atoms with Gasteiger partial charge in [-0.25, -0.2) is 0 Å². The minimum absolute atomic E-state index is 0.114. The van der Waals surface area contributed by atoms with Crippen molar-refractivity contribution < 1.29 is 9.90 Å².